The second-order valence-electron chi connectivity index (χ2n) is 5.04. The van der Waals surface area contributed by atoms with E-state index >= 15 is 0 Å². The number of fused-ring (bicyclic) bond motifs is 4. The van der Waals surface area contributed by atoms with Crippen LogP contribution in [0.1, 0.15) is 49.7 Å². The Morgan fingerprint density at radius 3 is 3.06 bits per heavy atom. The van der Waals surface area contributed by atoms with E-state index in [1.807, 2.05) is 12.1 Å². The molecule has 0 spiro atoms. The maximum atomic E-state index is 11.1. The number of hydrogen-bond acceptors (Lipinski definition) is 3. The Morgan fingerprint density at radius 2 is 2.29 bits per heavy atom. The quantitative estimate of drug-likeness (QED) is 0.597. The molecule has 17 heavy (non-hydrogen) atoms. The van der Waals surface area contributed by atoms with Crippen molar-refractivity contribution in [3.05, 3.63) is 29.3 Å². The van der Waals surface area contributed by atoms with Crippen LogP contribution in [0.3, 0.4) is 0 Å². The van der Waals surface area contributed by atoms with Crippen LogP contribution in [0.2, 0.25) is 0 Å². The summed E-state index contributed by atoms with van der Waals surface area (Å²) in [6, 6.07) is 5.70. The molecule has 1 saturated carbocycles. The van der Waals surface area contributed by atoms with E-state index in [1.54, 1.807) is 6.07 Å². The maximum absolute atomic E-state index is 11.1. The summed E-state index contributed by atoms with van der Waals surface area (Å²) >= 11 is 0. The third kappa shape index (κ3) is 1.42. The monoisotopic (exact) mass is 232 g/mol. The van der Waals surface area contributed by atoms with Crippen molar-refractivity contribution in [3.8, 4) is 5.75 Å². The average Bonchev–Trinajstić information content (AvgIpc) is 2.26. The summed E-state index contributed by atoms with van der Waals surface area (Å²) in [6.07, 6.45) is 4.03. The molecule has 0 amide bonds. The van der Waals surface area contributed by atoms with Crippen LogP contribution in [-0.2, 0) is 10.4 Å². The Hall–Kier alpha value is -1.35. The van der Waals surface area contributed by atoms with E-state index in [0.29, 0.717) is 5.75 Å². The standard InChI is InChI=1S/C14H16O3/c1-9(15)17-12-7-4-5-10-11-6-2-3-8-14(11,16)13(10)12/h4-5,7,11,16H,2-3,6,8H2,1H3/t11-,14+/m1/s1. The van der Waals surface area contributed by atoms with Gasteiger partial charge in [0, 0.05) is 18.4 Å². The van der Waals surface area contributed by atoms with Gasteiger partial charge >= 0.3 is 5.97 Å². The van der Waals surface area contributed by atoms with Crippen LogP contribution >= 0.6 is 0 Å². The summed E-state index contributed by atoms with van der Waals surface area (Å²) in [5.74, 6) is 0.443. The third-order valence-corrected chi connectivity index (χ3v) is 4.00. The van der Waals surface area contributed by atoms with E-state index in [0.717, 1.165) is 30.4 Å². The lowest BCUT2D eigenvalue weighted by molar-refractivity contribution is -0.132. The Labute approximate surface area is 100 Å². The van der Waals surface area contributed by atoms with Gasteiger partial charge in [0.05, 0.1) is 0 Å². The molecule has 0 aromatic heterocycles. The predicted octanol–water partition coefficient (Wildman–Crippen LogP) is 2.47. The normalized spacial score (nSPS) is 29.9. The molecule has 1 fully saturated rings. The number of carbonyl (C=O) groups is 1. The molecular formula is C14H16O3. The van der Waals surface area contributed by atoms with Gasteiger partial charge in [0.1, 0.15) is 11.4 Å². The van der Waals surface area contributed by atoms with Gasteiger partial charge in [-0.05, 0) is 24.5 Å². The molecule has 3 rings (SSSR count). The Kier molecular flexibility index (Phi) is 2.26. The van der Waals surface area contributed by atoms with Crippen LogP contribution in [0, 0.1) is 0 Å². The van der Waals surface area contributed by atoms with E-state index in [-0.39, 0.29) is 11.9 Å². The Morgan fingerprint density at radius 1 is 1.47 bits per heavy atom. The molecule has 2 aliphatic carbocycles. The van der Waals surface area contributed by atoms with Crippen molar-refractivity contribution in [2.45, 2.75) is 44.1 Å². The van der Waals surface area contributed by atoms with Crippen molar-refractivity contribution < 1.29 is 14.6 Å². The van der Waals surface area contributed by atoms with E-state index in [4.69, 9.17) is 4.74 Å². The Bertz CT molecular complexity index is 480. The lowest BCUT2D eigenvalue weighted by Gasteiger charge is -2.51. The Balaban J connectivity index is 2.06. The number of esters is 1. The minimum absolute atomic E-state index is 0.238. The van der Waals surface area contributed by atoms with Crippen molar-refractivity contribution in [2.24, 2.45) is 0 Å². The highest BCUT2D eigenvalue weighted by atomic mass is 16.5. The summed E-state index contributed by atoms with van der Waals surface area (Å²) in [6.45, 7) is 1.39. The van der Waals surface area contributed by atoms with Gasteiger partial charge in [-0.15, -0.1) is 0 Å². The minimum atomic E-state index is -0.750. The highest BCUT2D eigenvalue weighted by molar-refractivity contribution is 5.71. The second kappa shape index (κ2) is 3.57. The van der Waals surface area contributed by atoms with Crippen LogP contribution in [-0.4, -0.2) is 11.1 Å². The van der Waals surface area contributed by atoms with E-state index in [2.05, 4.69) is 0 Å². The first-order chi connectivity index (χ1) is 8.13. The van der Waals surface area contributed by atoms with Gasteiger partial charge in [-0.1, -0.05) is 25.0 Å². The molecule has 0 bridgehead atoms. The maximum Gasteiger partial charge on any atom is 0.308 e. The summed E-state index contributed by atoms with van der Waals surface area (Å²) in [4.78, 5) is 11.1. The topological polar surface area (TPSA) is 46.5 Å². The zero-order valence-corrected chi connectivity index (χ0v) is 9.90. The number of ether oxygens (including phenoxy) is 1. The van der Waals surface area contributed by atoms with Crippen molar-refractivity contribution in [3.63, 3.8) is 0 Å². The third-order valence-electron chi connectivity index (χ3n) is 4.00. The largest absolute Gasteiger partial charge is 0.426 e. The molecule has 3 heteroatoms. The van der Waals surface area contributed by atoms with Gasteiger partial charge in [0.25, 0.3) is 0 Å². The molecule has 0 heterocycles. The number of hydrogen-bond donors (Lipinski definition) is 1. The van der Waals surface area contributed by atoms with Crippen LogP contribution in [0.5, 0.6) is 5.75 Å². The summed E-state index contributed by atoms with van der Waals surface area (Å²) in [5.41, 5.74) is 1.26. The summed E-state index contributed by atoms with van der Waals surface area (Å²) in [5, 5.41) is 10.7. The highest BCUT2D eigenvalue weighted by Gasteiger charge is 2.53. The van der Waals surface area contributed by atoms with Crippen molar-refractivity contribution in [2.75, 3.05) is 0 Å². The number of rotatable bonds is 1. The van der Waals surface area contributed by atoms with Crippen molar-refractivity contribution in [1.29, 1.82) is 0 Å². The fraction of sp³-hybridized carbons (Fsp3) is 0.500. The number of benzene rings is 1. The molecule has 2 atom stereocenters. The lowest BCUT2D eigenvalue weighted by atomic mass is 9.58. The highest BCUT2D eigenvalue weighted by Crippen LogP contribution is 2.60. The molecule has 0 unspecified atom stereocenters. The number of aliphatic hydroxyl groups is 1. The molecule has 2 aliphatic rings. The summed E-state index contributed by atoms with van der Waals surface area (Å²) in [7, 11) is 0. The molecule has 1 N–H and O–H groups in total. The average molecular weight is 232 g/mol. The molecule has 90 valence electrons. The minimum Gasteiger partial charge on any atom is -0.426 e. The molecular weight excluding hydrogens is 216 g/mol. The van der Waals surface area contributed by atoms with Gasteiger partial charge in [-0.3, -0.25) is 4.79 Å². The fourth-order valence-corrected chi connectivity index (χ4v) is 3.33. The molecule has 0 aliphatic heterocycles. The zero-order chi connectivity index (χ0) is 12.0. The van der Waals surface area contributed by atoms with Crippen molar-refractivity contribution >= 4 is 5.97 Å². The van der Waals surface area contributed by atoms with Crippen LogP contribution in [0.25, 0.3) is 0 Å². The zero-order valence-electron chi connectivity index (χ0n) is 9.90. The fourth-order valence-electron chi connectivity index (χ4n) is 3.33. The van der Waals surface area contributed by atoms with Gasteiger partial charge in [-0.2, -0.15) is 0 Å². The molecule has 3 nitrogen and oxygen atoms in total. The first-order valence-electron chi connectivity index (χ1n) is 6.17. The van der Waals surface area contributed by atoms with Gasteiger partial charge in [0.15, 0.2) is 0 Å². The summed E-state index contributed by atoms with van der Waals surface area (Å²) < 4.78 is 5.19. The van der Waals surface area contributed by atoms with Crippen LogP contribution in [0.15, 0.2) is 18.2 Å². The first kappa shape index (κ1) is 10.8. The molecule has 1 aromatic rings. The van der Waals surface area contributed by atoms with E-state index in [9.17, 15) is 9.90 Å². The van der Waals surface area contributed by atoms with Gasteiger partial charge < -0.3 is 9.84 Å². The predicted molar refractivity (Wildman–Crippen MR) is 62.9 cm³/mol. The second-order valence-corrected chi connectivity index (χ2v) is 5.04. The first-order valence-corrected chi connectivity index (χ1v) is 6.17. The molecule has 1 aromatic carbocycles. The van der Waals surface area contributed by atoms with Gasteiger partial charge in [-0.25, -0.2) is 0 Å². The van der Waals surface area contributed by atoms with E-state index < -0.39 is 5.60 Å². The number of carbonyl (C=O) groups excluding carboxylic acids is 1. The van der Waals surface area contributed by atoms with E-state index in [1.165, 1.54) is 13.3 Å². The van der Waals surface area contributed by atoms with Gasteiger partial charge in [0.2, 0.25) is 0 Å². The lowest BCUT2D eigenvalue weighted by Crippen LogP contribution is -2.46. The molecule has 0 radical (unpaired) electrons. The smallest absolute Gasteiger partial charge is 0.308 e. The van der Waals surface area contributed by atoms with Crippen LogP contribution in [0.4, 0.5) is 0 Å². The van der Waals surface area contributed by atoms with Crippen molar-refractivity contribution in [1.82, 2.24) is 0 Å². The molecule has 0 saturated heterocycles. The van der Waals surface area contributed by atoms with Crippen LogP contribution < -0.4 is 4.74 Å². The SMILES string of the molecule is CC(=O)Oc1cccc2c1[C@]1(O)CCCC[C@H]21.